The number of hydrogen-bond donors (Lipinski definition) is 1. The first-order valence-electron chi connectivity index (χ1n) is 7.83. The minimum absolute atomic E-state index is 0.00823. The Morgan fingerprint density at radius 1 is 1.22 bits per heavy atom. The normalized spacial score (nSPS) is 17.5. The molecule has 1 N–H and O–H groups in total. The van der Waals surface area contributed by atoms with Gasteiger partial charge in [-0.2, -0.15) is 11.3 Å². The van der Waals surface area contributed by atoms with E-state index in [-0.39, 0.29) is 17.9 Å². The van der Waals surface area contributed by atoms with E-state index < -0.39 is 0 Å². The fourth-order valence-corrected chi connectivity index (χ4v) is 3.52. The number of nitrogens with one attached hydrogen (secondary N) is 1. The van der Waals surface area contributed by atoms with Gasteiger partial charge in [0.1, 0.15) is 0 Å². The van der Waals surface area contributed by atoms with Crippen molar-refractivity contribution in [3.8, 4) is 0 Å². The second-order valence-corrected chi connectivity index (χ2v) is 6.63. The van der Waals surface area contributed by atoms with Crippen LogP contribution < -0.4 is 5.32 Å². The van der Waals surface area contributed by atoms with Crippen LogP contribution in [-0.4, -0.2) is 35.8 Å². The van der Waals surface area contributed by atoms with Gasteiger partial charge in [0.25, 0.3) is 0 Å². The zero-order chi connectivity index (χ0) is 16.1. The van der Waals surface area contributed by atoms with Crippen molar-refractivity contribution in [2.24, 2.45) is 0 Å². The number of nitrogens with zero attached hydrogens (tertiary/aromatic N) is 1. The lowest BCUT2D eigenvalue weighted by Gasteiger charge is -2.17. The summed E-state index contributed by atoms with van der Waals surface area (Å²) < 4.78 is 0. The summed E-state index contributed by atoms with van der Waals surface area (Å²) in [6, 6.07) is 12.0. The molecule has 0 aliphatic carbocycles. The van der Waals surface area contributed by atoms with Crippen molar-refractivity contribution in [1.29, 1.82) is 0 Å². The molecule has 1 atom stereocenters. The van der Waals surface area contributed by atoms with E-state index in [4.69, 9.17) is 0 Å². The summed E-state index contributed by atoms with van der Waals surface area (Å²) in [5.41, 5.74) is 2.25. The van der Waals surface area contributed by atoms with Crippen LogP contribution in [0.4, 0.5) is 0 Å². The molecule has 1 aromatic heterocycles. The van der Waals surface area contributed by atoms with E-state index >= 15 is 0 Å². The number of thiophene rings is 1. The van der Waals surface area contributed by atoms with Gasteiger partial charge in [0.15, 0.2) is 0 Å². The van der Waals surface area contributed by atoms with Crippen LogP contribution in [0.15, 0.2) is 47.2 Å². The first-order chi connectivity index (χ1) is 11.2. The first-order valence-corrected chi connectivity index (χ1v) is 8.77. The van der Waals surface area contributed by atoms with Crippen molar-refractivity contribution in [1.82, 2.24) is 10.2 Å². The van der Waals surface area contributed by atoms with Crippen molar-refractivity contribution in [2.75, 3.05) is 13.1 Å². The number of carbonyl (C=O) groups is 2. The molecule has 1 aliphatic heterocycles. The lowest BCUT2D eigenvalue weighted by atomic mass is 10.1. The third-order valence-electron chi connectivity index (χ3n) is 4.04. The van der Waals surface area contributed by atoms with Gasteiger partial charge in [-0.15, -0.1) is 0 Å². The highest BCUT2D eigenvalue weighted by Gasteiger charge is 2.30. The Morgan fingerprint density at radius 2 is 2.04 bits per heavy atom. The van der Waals surface area contributed by atoms with E-state index in [0.29, 0.717) is 25.9 Å². The van der Waals surface area contributed by atoms with Gasteiger partial charge in [-0.25, -0.2) is 0 Å². The highest BCUT2D eigenvalue weighted by molar-refractivity contribution is 7.08. The third-order valence-corrected chi connectivity index (χ3v) is 4.77. The Morgan fingerprint density at radius 3 is 2.78 bits per heavy atom. The fraction of sp³-hybridized carbons (Fsp3) is 0.333. The van der Waals surface area contributed by atoms with Crippen molar-refractivity contribution in [3.05, 3.63) is 58.3 Å². The summed E-state index contributed by atoms with van der Waals surface area (Å²) in [7, 11) is 0. The minimum Gasteiger partial charge on any atom is -0.351 e. The summed E-state index contributed by atoms with van der Waals surface area (Å²) in [5.74, 6) is 0.118. The number of rotatable bonds is 6. The maximum Gasteiger partial charge on any atom is 0.224 e. The number of benzene rings is 1. The van der Waals surface area contributed by atoms with Crippen molar-refractivity contribution in [2.45, 2.75) is 25.3 Å². The second kappa shape index (κ2) is 7.42. The third kappa shape index (κ3) is 4.42. The van der Waals surface area contributed by atoms with Gasteiger partial charge in [0.2, 0.25) is 11.8 Å². The van der Waals surface area contributed by atoms with Crippen molar-refractivity contribution >= 4 is 23.2 Å². The molecule has 120 valence electrons. The Hall–Kier alpha value is -2.14. The Labute approximate surface area is 140 Å². The molecule has 0 radical (unpaired) electrons. The number of hydrogen-bond acceptors (Lipinski definition) is 3. The molecule has 5 heteroatoms. The van der Waals surface area contributed by atoms with Gasteiger partial charge in [0, 0.05) is 19.5 Å². The van der Waals surface area contributed by atoms with Crippen LogP contribution in [0.3, 0.4) is 0 Å². The molecule has 0 spiro atoms. The highest BCUT2D eigenvalue weighted by Crippen LogP contribution is 2.13. The second-order valence-electron chi connectivity index (χ2n) is 5.85. The largest absolute Gasteiger partial charge is 0.351 e. The van der Waals surface area contributed by atoms with Gasteiger partial charge in [-0.1, -0.05) is 30.3 Å². The monoisotopic (exact) mass is 328 g/mol. The number of likely N-dealkylation sites (tertiary alicyclic amines) is 1. The van der Waals surface area contributed by atoms with Gasteiger partial charge >= 0.3 is 0 Å². The topological polar surface area (TPSA) is 49.4 Å². The van der Waals surface area contributed by atoms with Crippen molar-refractivity contribution < 1.29 is 9.59 Å². The van der Waals surface area contributed by atoms with Gasteiger partial charge < -0.3 is 10.2 Å². The molecular formula is C18H20N2O2S. The predicted octanol–water partition coefficient (Wildman–Crippen LogP) is 2.25. The lowest BCUT2D eigenvalue weighted by molar-refractivity contribution is -0.127. The van der Waals surface area contributed by atoms with E-state index in [9.17, 15) is 9.59 Å². The smallest absolute Gasteiger partial charge is 0.224 e. The van der Waals surface area contributed by atoms with Crippen LogP contribution in [0.1, 0.15) is 17.5 Å². The molecule has 1 saturated heterocycles. The van der Waals surface area contributed by atoms with E-state index in [1.807, 2.05) is 39.9 Å². The summed E-state index contributed by atoms with van der Waals surface area (Å²) in [5, 5.41) is 6.92. The molecule has 4 nitrogen and oxygen atoms in total. The van der Waals surface area contributed by atoms with E-state index in [0.717, 1.165) is 12.0 Å². The van der Waals surface area contributed by atoms with Crippen LogP contribution in [0.5, 0.6) is 0 Å². The molecule has 1 aromatic carbocycles. The molecule has 0 saturated carbocycles. The van der Waals surface area contributed by atoms with Crippen LogP contribution in [0.25, 0.3) is 0 Å². The highest BCUT2D eigenvalue weighted by atomic mass is 32.1. The van der Waals surface area contributed by atoms with Gasteiger partial charge in [0.05, 0.1) is 12.5 Å². The van der Waals surface area contributed by atoms with Crippen LogP contribution in [0.2, 0.25) is 0 Å². The summed E-state index contributed by atoms with van der Waals surface area (Å²) in [6.07, 6.45) is 1.64. The molecule has 1 unspecified atom stereocenters. The maximum atomic E-state index is 12.1. The summed E-state index contributed by atoms with van der Waals surface area (Å²) in [4.78, 5) is 26.0. The zero-order valence-electron chi connectivity index (χ0n) is 12.9. The maximum absolute atomic E-state index is 12.1. The predicted molar refractivity (Wildman–Crippen MR) is 91.3 cm³/mol. The average Bonchev–Trinajstić information content (AvgIpc) is 3.16. The molecule has 3 rings (SSSR count). The Balaban J connectivity index is 1.46. The van der Waals surface area contributed by atoms with E-state index in [1.54, 1.807) is 11.3 Å². The molecule has 0 bridgehead atoms. The van der Waals surface area contributed by atoms with Gasteiger partial charge in [-0.05, 0) is 34.4 Å². The minimum atomic E-state index is -0.0654. The van der Waals surface area contributed by atoms with E-state index in [2.05, 4.69) is 17.4 Å². The quantitative estimate of drug-likeness (QED) is 0.884. The van der Waals surface area contributed by atoms with Gasteiger partial charge in [-0.3, -0.25) is 9.59 Å². The fourth-order valence-electron chi connectivity index (χ4n) is 2.85. The lowest BCUT2D eigenvalue weighted by Crippen LogP contribution is -2.38. The molecular weight excluding hydrogens is 308 g/mol. The molecule has 2 aromatic rings. The standard InChI is InChI=1S/C18H20N2O2S/c21-17(10-15-7-9-23-13-15)19-16-11-18(22)20(12-16)8-6-14-4-2-1-3-5-14/h1-5,7,9,13,16H,6,8,10-12H2,(H,19,21). The summed E-state index contributed by atoms with van der Waals surface area (Å²) in [6.45, 7) is 1.32. The number of carbonyl (C=O) groups excluding carboxylic acids is 2. The first kappa shape index (κ1) is 15.7. The SMILES string of the molecule is O=C(Cc1ccsc1)NC1CC(=O)N(CCc2ccccc2)C1. The Kier molecular flexibility index (Phi) is 5.08. The van der Waals surface area contributed by atoms with Crippen molar-refractivity contribution in [3.63, 3.8) is 0 Å². The van der Waals surface area contributed by atoms with Crippen LogP contribution in [-0.2, 0) is 22.4 Å². The molecule has 2 amide bonds. The average molecular weight is 328 g/mol. The van der Waals surface area contributed by atoms with Crippen LogP contribution in [0, 0.1) is 0 Å². The molecule has 1 aliphatic rings. The zero-order valence-corrected chi connectivity index (χ0v) is 13.7. The van der Waals surface area contributed by atoms with E-state index in [1.165, 1.54) is 5.56 Å². The molecule has 2 heterocycles. The Bertz CT molecular complexity index is 655. The van der Waals surface area contributed by atoms with Crippen LogP contribution >= 0.6 is 11.3 Å². The number of amides is 2. The summed E-state index contributed by atoms with van der Waals surface area (Å²) >= 11 is 1.59. The molecule has 23 heavy (non-hydrogen) atoms. The molecule has 1 fully saturated rings.